The summed E-state index contributed by atoms with van der Waals surface area (Å²) < 4.78 is 69.6. The van der Waals surface area contributed by atoms with Crippen LogP contribution < -0.4 is 4.74 Å². The first-order chi connectivity index (χ1) is 13.5. The first-order valence-electron chi connectivity index (χ1n) is 8.51. The summed E-state index contributed by atoms with van der Waals surface area (Å²) in [7, 11) is -0.815. The number of sulfonamides is 1. The van der Waals surface area contributed by atoms with Crippen LogP contribution in [0.4, 0.5) is 13.2 Å². The van der Waals surface area contributed by atoms with Crippen LogP contribution in [0.25, 0.3) is 0 Å². The fraction of sp³-hybridized carbons (Fsp3) is 0.316. The predicted octanol–water partition coefficient (Wildman–Crippen LogP) is 3.21. The molecule has 0 aliphatic heterocycles. The van der Waals surface area contributed by atoms with Crippen LogP contribution in [-0.4, -0.2) is 51.2 Å². The summed E-state index contributed by atoms with van der Waals surface area (Å²) in [4.78, 5) is 1.18. The van der Waals surface area contributed by atoms with Crippen LogP contribution in [0, 0.1) is 11.3 Å². The van der Waals surface area contributed by atoms with Gasteiger partial charge in [-0.15, -0.1) is 13.2 Å². The second kappa shape index (κ2) is 9.26. The van der Waals surface area contributed by atoms with Gasteiger partial charge in [0.15, 0.2) is 0 Å². The van der Waals surface area contributed by atoms with Gasteiger partial charge in [0, 0.05) is 19.6 Å². The molecule has 0 aromatic heterocycles. The Bertz CT molecular complexity index is 986. The Morgan fingerprint density at radius 3 is 2.38 bits per heavy atom. The van der Waals surface area contributed by atoms with Crippen LogP contribution in [0.15, 0.2) is 53.4 Å². The van der Waals surface area contributed by atoms with Crippen LogP contribution in [0.2, 0.25) is 0 Å². The molecule has 0 aliphatic carbocycles. The van der Waals surface area contributed by atoms with E-state index in [9.17, 15) is 21.6 Å². The van der Waals surface area contributed by atoms with Crippen LogP contribution in [-0.2, 0) is 16.6 Å². The van der Waals surface area contributed by atoms with Gasteiger partial charge in [0.25, 0.3) is 0 Å². The van der Waals surface area contributed by atoms with E-state index < -0.39 is 27.0 Å². The van der Waals surface area contributed by atoms with E-state index in [1.54, 1.807) is 37.2 Å². The zero-order valence-electron chi connectivity index (χ0n) is 15.8. The number of hydrogen-bond donors (Lipinski definition) is 0. The molecule has 10 heteroatoms. The van der Waals surface area contributed by atoms with Crippen molar-refractivity contribution >= 4 is 10.0 Å². The number of likely N-dealkylation sites (N-methyl/N-ethyl adjacent to an activating group) is 1. The van der Waals surface area contributed by atoms with Gasteiger partial charge in [0.1, 0.15) is 10.6 Å². The minimum absolute atomic E-state index is 0.0342. The summed E-state index contributed by atoms with van der Waals surface area (Å²) >= 11 is 0. The van der Waals surface area contributed by atoms with Crippen LogP contribution in [0.5, 0.6) is 5.75 Å². The van der Waals surface area contributed by atoms with E-state index in [1.807, 2.05) is 6.07 Å². The van der Waals surface area contributed by atoms with Gasteiger partial charge in [0.2, 0.25) is 10.0 Å². The number of para-hydroxylation sites is 1. The summed E-state index contributed by atoms with van der Waals surface area (Å²) in [5, 5.41) is 9.04. The molecular formula is C19H20F3N3O3S. The molecular weight excluding hydrogens is 407 g/mol. The van der Waals surface area contributed by atoms with Crippen molar-refractivity contribution in [3.05, 3.63) is 59.7 Å². The highest BCUT2D eigenvalue weighted by Gasteiger charge is 2.35. The van der Waals surface area contributed by atoms with E-state index in [1.165, 1.54) is 18.2 Å². The van der Waals surface area contributed by atoms with E-state index in [2.05, 4.69) is 4.74 Å². The molecule has 0 amide bonds. The SMILES string of the molecule is CN(C)CCN(Cc1cccc(C#N)c1)S(=O)(=O)c1ccccc1OC(F)(F)F. The molecule has 29 heavy (non-hydrogen) atoms. The number of nitrogens with zero attached hydrogens (tertiary/aromatic N) is 3. The maximum absolute atomic E-state index is 13.2. The first-order valence-corrected chi connectivity index (χ1v) is 9.95. The molecule has 0 heterocycles. The molecule has 0 fully saturated rings. The van der Waals surface area contributed by atoms with E-state index in [0.29, 0.717) is 17.7 Å². The average molecular weight is 427 g/mol. The fourth-order valence-electron chi connectivity index (χ4n) is 2.55. The third kappa shape index (κ3) is 6.45. The molecule has 0 N–H and O–H groups in total. The molecule has 2 rings (SSSR count). The zero-order chi connectivity index (χ0) is 21.7. The third-order valence-electron chi connectivity index (χ3n) is 3.90. The first kappa shape index (κ1) is 22.7. The van der Waals surface area contributed by atoms with E-state index in [0.717, 1.165) is 16.4 Å². The van der Waals surface area contributed by atoms with Crippen LogP contribution in [0.3, 0.4) is 0 Å². The van der Waals surface area contributed by atoms with Crippen molar-refractivity contribution in [3.63, 3.8) is 0 Å². The Kier molecular flexibility index (Phi) is 7.24. The molecule has 0 radical (unpaired) electrons. The summed E-state index contributed by atoms with van der Waals surface area (Å²) in [6, 6.07) is 13.0. The second-order valence-electron chi connectivity index (χ2n) is 6.45. The van der Waals surface area contributed by atoms with Crippen molar-refractivity contribution in [1.29, 1.82) is 5.26 Å². The molecule has 0 saturated heterocycles. The quantitative estimate of drug-likeness (QED) is 0.647. The van der Waals surface area contributed by atoms with Crippen LogP contribution in [0.1, 0.15) is 11.1 Å². The largest absolute Gasteiger partial charge is 0.573 e. The van der Waals surface area contributed by atoms with E-state index >= 15 is 0 Å². The number of benzene rings is 2. The van der Waals surface area contributed by atoms with Crippen molar-refractivity contribution in [1.82, 2.24) is 9.21 Å². The maximum Gasteiger partial charge on any atom is 0.573 e. The summed E-state index contributed by atoms with van der Waals surface area (Å²) in [6.45, 7) is 0.276. The summed E-state index contributed by atoms with van der Waals surface area (Å²) in [6.07, 6.45) is -5.03. The number of ether oxygens (including phenoxy) is 1. The number of alkyl halides is 3. The number of rotatable bonds is 8. The average Bonchev–Trinajstić information content (AvgIpc) is 2.64. The molecule has 0 aliphatic rings. The van der Waals surface area contributed by atoms with Gasteiger partial charge in [-0.25, -0.2) is 8.42 Å². The van der Waals surface area contributed by atoms with E-state index in [4.69, 9.17) is 5.26 Å². The summed E-state index contributed by atoms with van der Waals surface area (Å²) in [5.41, 5.74) is 0.897. The smallest absolute Gasteiger partial charge is 0.404 e. The highest BCUT2D eigenvalue weighted by atomic mass is 32.2. The Morgan fingerprint density at radius 1 is 1.07 bits per heavy atom. The lowest BCUT2D eigenvalue weighted by molar-refractivity contribution is -0.275. The molecule has 0 atom stereocenters. The third-order valence-corrected chi connectivity index (χ3v) is 5.79. The van der Waals surface area contributed by atoms with Gasteiger partial charge < -0.3 is 9.64 Å². The lowest BCUT2D eigenvalue weighted by Crippen LogP contribution is -2.36. The fourth-order valence-corrected chi connectivity index (χ4v) is 4.08. The monoisotopic (exact) mass is 427 g/mol. The van der Waals surface area contributed by atoms with Gasteiger partial charge in [-0.3, -0.25) is 0 Å². The Morgan fingerprint density at radius 2 is 1.76 bits per heavy atom. The van der Waals surface area contributed by atoms with Crippen molar-refractivity contribution in [2.75, 3.05) is 27.2 Å². The highest BCUT2D eigenvalue weighted by molar-refractivity contribution is 7.89. The van der Waals surface area contributed by atoms with Crippen molar-refractivity contribution < 1.29 is 26.3 Å². The number of nitriles is 1. The standard InChI is InChI=1S/C19H20F3N3O3S/c1-24(2)10-11-25(14-16-7-5-6-15(12-16)13-23)29(26,27)18-9-4-3-8-17(18)28-19(20,21)22/h3-9,12H,10-11,14H2,1-2H3. The van der Waals surface area contributed by atoms with Crippen LogP contribution >= 0.6 is 0 Å². The molecule has 0 saturated carbocycles. The molecule has 2 aromatic rings. The molecule has 0 spiro atoms. The second-order valence-corrected chi connectivity index (χ2v) is 8.35. The van der Waals surface area contributed by atoms with Gasteiger partial charge >= 0.3 is 6.36 Å². The van der Waals surface area contributed by atoms with Gasteiger partial charge in [-0.1, -0.05) is 24.3 Å². The number of hydrogen-bond acceptors (Lipinski definition) is 5. The minimum Gasteiger partial charge on any atom is -0.404 e. The Balaban J connectivity index is 2.45. The topological polar surface area (TPSA) is 73.6 Å². The molecule has 0 bridgehead atoms. The van der Waals surface area contributed by atoms with Gasteiger partial charge in [-0.05, 0) is 43.9 Å². The highest BCUT2D eigenvalue weighted by Crippen LogP contribution is 2.31. The van der Waals surface area contributed by atoms with Crippen molar-refractivity contribution in [2.45, 2.75) is 17.8 Å². The minimum atomic E-state index is -5.03. The molecule has 0 unspecified atom stereocenters. The van der Waals surface area contributed by atoms with E-state index in [-0.39, 0.29) is 13.1 Å². The lowest BCUT2D eigenvalue weighted by atomic mass is 10.1. The Hall–Kier alpha value is -2.61. The number of halogens is 3. The van der Waals surface area contributed by atoms with Crippen molar-refractivity contribution in [3.8, 4) is 11.8 Å². The van der Waals surface area contributed by atoms with Gasteiger partial charge in [-0.2, -0.15) is 9.57 Å². The predicted molar refractivity (Wildman–Crippen MR) is 100 cm³/mol. The lowest BCUT2D eigenvalue weighted by Gasteiger charge is -2.25. The Labute approximate surface area is 167 Å². The summed E-state index contributed by atoms with van der Waals surface area (Å²) in [5.74, 6) is -0.791. The maximum atomic E-state index is 13.2. The van der Waals surface area contributed by atoms with Gasteiger partial charge in [0.05, 0.1) is 11.6 Å². The van der Waals surface area contributed by atoms with Crippen molar-refractivity contribution in [2.24, 2.45) is 0 Å². The molecule has 6 nitrogen and oxygen atoms in total. The normalized spacial score (nSPS) is 12.2. The molecule has 2 aromatic carbocycles. The molecule has 156 valence electrons. The zero-order valence-corrected chi connectivity index (χ0v) is 16.7.